The number of hydrogen-bond donors (Lipinski definition) is 1. The molecule has 0 amide bonds. The molecule has 0 aliphatic carbocycles. The first kappa shape index (κ1) is 14.6. The lowest BCUT2D eigenvalue weighted by atomic mass is 10.3. The molecule has 0 aliphatic rings. The molecule has 0 saturated heterocycles. The van der Waals surface area contributed by atoms with Gasteiger partial charge in [0.15, 0.2) is 11.6 Å². The Labute approximate surface area is 141 Å². The van der Waals surface area contributed by atoms with E-state index in [1.54, 1.807) is 12.3 Å². The van der Waals surface area contributed by atoms with Crippen LogP contribution in [-0.2, 0) is 13.6 Å². The summed E-state index contributed by atoms with van der Waals surface area (Å²) in [6, 6.07) is 11.4. The molecule has 3 heterocycles. The van der Waals surface area contributed by atoms with Crippen LogP contribution in [0.4, 0.5) is 0 Å². The summed E-state index contributed by atoms with van der Waals surface area (Å²) in [5.41, 5.74) is 1.97. The Bertz CT molecular complexity index is 1040. The highest BCUT2D eigenvalue weighted by Crippen LogP contribution is 2.24. The van der Waals surface area contributed by atoms with Crippen LogP contribution in [0.2, 0.25) is 0 Å². The fourth-order valence-corrected chi connectivity index (χ4v) is 3.58. The third-order valence-corrected chi connectivity index (χ3v) is 4.96. The first-order valence-electron chi connectivity index (χ1n) is 7.38. The SMILES string of the molecule is Cn1c(-c2nccn2Cc2ccc(C(=O)O)s2)nc2ccccc21. The molecule has 7 heteroatoms. The zero-order valence-electron chi connectivity index (χ0n) is 12.9. The van der Waals surface area contributed by atoms with Gasteiger partial charge in [0, 0.05) is 24.3 Å². The molecule has 0 bridgehead atoms. The third-order valence-electron chi connectivity index (χ3n) is 3.90. The van der Waals surface area contributed by atoms with Gasteiger partial charge >= 0.3 is 5.97 Å². The summed E-state index contributed by atoms with van der Waals surface area (Å²) in [7, 11) is 1.97. The topological polar surface area (TPSA) is 72.9 Å². The normalized spacial score (nSPS) is 11.2. The average molecular weight is 338 g/mol. The molecule has 0 fully saturated rings. The van der Waals surface area contributed by atoms with Crippen LogP contribution >= 0.6 is 11.3 Å². The molecular weight excluding hydrogens is 324 g/mol. The Hall–Kier alpha value is -2.93. The summed E-state index contributed by atoms with van der Waals surface area (Å²) in [5, 5.41) is 9.05. The summed E-state index contributed by atoms with van der Waals surface area (Å²) in [6.45, 7) is 0.566. The Morgan fingerprint density at radius 2 is 2.04 bits per heavy atom. The smallest absolute Gasteiger partial charge is 0.345 e. The van der Waals surface area contributed by atoms with Gasteiger partial charge in [0.25, 0.3) is 0 Å². The van der Waals surface area contributed by atoms with Gasteiger partial charge in [0.1, 0.15) is 4.88 Å². The molecule has 0 unspecified atom stereocenters. The van der Waals surface area contributed by atoms with E-state index in [2.05, 4.69) is 9.97 Å². The quantitative estimate of drug-likeness (QED) is 0.620. The predicted molar refractivity (Wildman–Crippen MR) is 92.3 cm³/mol. The van der Waals surface area contributed by atoms with Crippen LogP contribution in [0, 0.1) is 0 Å². The minimum absolute atomic E-state index is 0.342. The van der Waals surface area contributed by atoms with Gasteiger partial charge in [-0.25, -0.2) is 14.8 Å². The molecule has 0 saturated carbocycles. The Balaban J connectivity index is 1.73. The molecule has 3 aromatic heterocycles. The van der Waals surface area contributed by atoms with Crippen molar-refractivity contribution < 1.29 is 9.90 Å². The van der Waals surface area contributed by atoms with Gasteiger partial charge in [-0.3, -0.25) is 0 Å². The minimum atomic E-state index is -0.896. The second-order valence-corrected chi connectivity index (χ2v) is 6.60. The highest BCUT2D eigenvalue weighted by atomic mass is 32.1. The lowest BCUT2D eigenvalue weighted by Crippen LogP contribution is -2.03. The molecule has 0 radical (unpaired) electrons. The van der Waals surface area contributed by atoms with E-state index in [4.69, 9.17) is 5.11 Å². The number of carbonyl (C=O) groups is 1. The van der Waals surface area contributed by atoms with Gasteiger partial charge in [0.05, 0.1) is 17.6 Å². The number of aryl methyl sites for hydroxylation is 1. The zero-order chi connectivity index (χ0) is 16.7. The van der Waals surface area contributed by atoms with E-state index in [0.717, 1.165) is 27.6 Å². The molecular formula is C17H14N4O2S. The molecule has 120 valence electrons. The van der Waals surface area contributed by atoms with Crippen molar-refractivity contribution in [3.8, 4) is 11.6 Å². The van der Waals surface area contributed by atoms with E-state index in [0.29, 0.717) is 11.4 Å². The van der Waals surface area contributed by atoms with Gasteiger partial charge in [-0.1, -0.05) is 12.1 Å². The summed E-state index contributed by atoms with van der Waals surface area (Å²) < 4.78 is 4.00. The number of benzene rings is 1. The highest BCUT2D eigenvalue weighted by molar-refractivity contribution is 7.13. The third kappa shape index (κ3) is 2.39. The van der Waals surface area contributed by atoms with Crippen molar-refractivity contribution in [3.63, 3.8) is 0 Å². The fourth-order valence-electron chi connectivity index (χ4n) is 2.73. The number of aromatic nitrogens is 4. The van der Waals surface area contributed by atoms with E-state index in [1.165, 1.54) is 11.3 Å². The molecule has 6 nitrogen and oxygen atoms in total. The number of nitrogens with zero attached hydrogens (tertiary/aromatic N) is 4. The van der Waals surface area contributed by atoms with Crippen LogP contribution in [0.5, 0.6) is 0 Å². The number of aromatic carboxylic acids is 1. The van der Waals surface area contributed by atoms with Crippen LogP contribution in [0.15, 0.2) is 48.8 Å². The van der Waals surface area contributed by atoms with Crippen LogP contribution in [-0.4, -0.2) is 30.2 Å². The van der Waals surface area contributed by atoms with E-state index in [9.17, 15) is 4.79 Å². The number of carboxylic acid groups (broad SMARTS) is 1. The summed E-state index contributed by atoms with van der Waals surface area (Å²) in [4.78, 5) is 21.5. The Kier molecular flexibility index (Phi) is 3.42. The maximum Gasteiger partial charge on any atom is 0.345 e. The molecule has 0 atom stereocenters. The maximum absolute atomic E-state index is 11.0. The van der Waals surface area contributed by atoms with Crippen molar-refractivity contribution in [1.29, 1.82) is 0 Å². The number of carboxylic acids is 1. The molecule has 0 spiro atoms. The van der Waals surface area contributed by atoms with E-state index in [-0.39, 0.29) is 0 Å². The molecule has 4 aromatic rings. The Morgan fingerprint density at radius 1 is 1.21 bits per heavy atom. The van der Waals surface area contributed by atoms with Crippen molar-refractivity contribution in [2.24, 2.45) is 7.05 Å². The van der Waals surface area contributed by atoms with Crippen LogP contribution < -0.4 is 0 Å². The largest absolute Gasteiger partial charge is 0.477 e. The number of para-hydroxylation sites is 2. The lowest BCUT2D eigenvalue weighted by molar-refractivity contribution is 0.0702. The van der Waals surface area contributed by atoms with Crippen molar-refractivity contribution in [2.75, 3.05) is 0 Å². The molecule has 24 heavy (non-hydrogen) atoms. The maximum atomic E-state index is 11.0. The van der Waals surface area contributed by atoms with E-state index < -0.39 is 5.97 Å². The monoisotopic (exact) mass is 338 g/mol. The number of rotatable bonds is 4. The highest BCUT2D eigenvalue weighted by Gasteiger charge is 2.15. The molecule has 1 aromatic carbocycles. The van der Waals surface area contributed by atoms with Crippen LogP contribution in [0.1, 0.15) is 14.5 Å². The van der Waals surface area contributed by atoms with Crippen molar-refractivity contribution in [3.05, 3.63) is 58.5 Å². The van der Waals surface area contributed by atoms with Crippen molar-refractivity contribution in [1.82, 2.24) is 19.1 Å². The number of hydrogen-bond acceptors (Lipinski definition) is 4. The van der Waals surface area contributed by atoms with E-state index >= 15 is 0 Å². The summed E-state index contributed by atoms with van der Waals surface area (Å²) in [6.07, 6.45) is 3.62. The molecule has 4 rings (SSSR count). The second kappa shape index (κ2) is 5.61. The Morgan fingerprint density at radius 3 is 2.79 bits per heavy atom. The summed E-state index contributed by atoms with van der Waals surface area (Å²) in [5.74, 6) is 0.655. The summed E-state index contributed by atoms with van der Waals surface area (Å²) >= 11 is 1.28. The van der Waals surface area contributed by atoms with Crippen LogP contribution in [0.25, 0.3) is 22.7 Å². The lowest BCUT2D eigenvalue weighted by Gasteiger charge is -2.06. The number of imidazole rings is 2. The number of fused-ring (bicyclic) bond motifs is 1. The van der Waals surface area contributed by atoms with Crippen LogP contribution in [0.3, 0.4) is 0 Å². The molecule has 0 aliphatic heterocycles. The predicted octanol–water partition coefficient (Wildman–Crippen LogP) is 3.24. The minimum Gasteiger partial charge on any atom is -0.477 e. The molecule has 1 N–H and O–H groups in total. The first-order valence-corrected chi connectivity index (χ1v) is 8.20. The number of thiophene rings is 1. The second-order valence-electron chi connectivity index (χ2n) is 5.43. The zero-order valence-corrected chi connectivity index (χ0v) is 13.7. The standard InChI is InChI=1S/C17H14N4O2S/c1-20-13-5-3-2-4-12(13)19-16(20)15-18-8-9-21(15)10-11-6-7-14(24-11)17(22)23/h2-9H,10H2,1H3,(H,22,23). The van der Waals surface area contributed by atoms with Gasteiger partial charge in [-0.15, -0.1) is 11.3 Å². The van der Waals surface area contributed by atoms with Gasteiger partial charge in [-0.05, 0) is 24.3 Å². The van der Waals surface area contributed by atoms with Gasteiger partial charge in [0.2, 0.25) is 0 Å². The first-order chi connectivity index (χ1) is 11.6. The average Bonchev–Trinajstić information content (AvgIpc) is 3.28. The van der Waals surface area contributed by atoms with Crippen molar-refractivity contribution >= 4 is 28.3 Å². The van der Waals surface area contributed by atoms with Gasteiger partial charge in [-0.2, -0.15) is 0 Å². The van der Waals surface area contributed by atoms with E-state index in [1.807, 2.05) is 52.7 Å². The fraction of sp³-hybridized carbons (Fsp3) is 0.118. The van der Waals surface area contributed by atoms with Crippen molar-refractivity contribution in [2.45, 2.75) is 6.54 Å². The van der Waals surface area contributed by atoms with Gasteiger partial charge < -0.3 is 14.2 Å².